The number of benzene rings is 1. The van der Waals surface area contributed by atoms with Crippen LogP contribution in [0.15, 0.2) is 24.3 Å². The quantitative estimate of drug-likeness (QED) is 0.774. The zero-order valence-electron chi connectivity index (χ0n) is 10.4. The van der Waals surface area contributed by atoms with Crippen LogP contribution in [0, 0.1) is 5.92 Å². The molecule has 1 fully saturated rings. The molecule has 0 aromatic heterocycles. The van der Waals surface area contributed by atoms with Gasteiger partial charge in [0, 0.05) is 23.4 Å². The van der Waals surface area contributed by atoms with Crippen LogP contribution in [0.2, 0.25) is 5.02 Å². The van der Waals surface area contributed by atoms with Crippen LogP contribution in [0.1, 0.15) is 18.4 Å². The van der Waals surface area contributed by atoms with Gasteiger partial charge in [0.15, 0.2) is 0 Å². The van der Waals surface area contributed by atoms with E-state index in [4.69, 9.17) is 11.6 Å². The molecule has 0 aliphatic heterocycles. The second-order valence-electron chi connectivity index (χ2n) is 4.98. The molecule has 2 rings (SSSR count). The fourth-order valence-electron chi connectivity index (χ4n) is 2.23. The van der Waals surface area contributed by atoms with Crippen LogP contribution in [0.25, 0.3) is 0 Å². The number of carbonyl (C=O) groups excluding carboxylic acids is 1. The average Bonchev–Trinajstić information content (AvgIpc) is 2.30. The fraction of sp³-hybridized carbons (Fsp3) is 0.500. The first-order valence-electron chi connectivity index (χ1n) is 6.17. The van der Waals surface area contributed by atoms with Crippen molar-refractivity contribution in [1.29, 1.82) is 0 Å². The van der Waals surface area contributed by atoms with Crippen molar-refractivity contribution in [3.8, 4) is 0 Å². The van der Waals surface area contributed by atoms with Crippen LogP contribution in [-0.2, 0) is 11.2 Å². The topological polar surface area (TPSA) is 20.3 Å². The summed E-state index contributed by atoms with van der Waals surface area (Å²) in [6, 6.07) is 7.53. The van der Waals surface area contributed by atoms with Crippen molar-refractivity contribution >= 4 is 33.4 Å². The molecular formula is C14H17BrClNO. The standard InChI is InChI=1S/C14H17BrClNO/c1-17(9-10-6-12(15)7-10)14(18)8-11-4-2-3-5-13(11)16/h2-5,10,12H,6-9H2,1H3. The molecule has 0 saturated heterocycles. The highest BCUT2D eigenvalue weighted by molar-refractivity contribution is 9.09. The Morgan fingerprint density at radius 2 is 2.11 bits per heavy atom. The summed E-state index contributed by atoms with van der Waals surface area (Å²) in [5, 5.41) is 0.670. The summed E-state index contributed by atoms with van der Waals surface area (Å²) in [7, 11) is 1.88. The summed E-state index contributed by atoms with van der Waals surface area (Å²) >= 11 is 9.63. The monoisotopic (exact) mass is 329 g/mol. The lowest BCUT2D eigenvalue weighted by Gasteiger charge is -2.34. The maximum atomic E-state index is 12.1. The van der Waals surface area contributed by atoms with Gasteiger partial charge in [-0.25, -0.2) is 0 Å². The van der Waals surface area contributed by atoms with Gasteiger partial charge in [-0.1, -0.05) is 45.7 Å². The van der Waals surface area contributed by atoms with Gasteiger partial charge in [-0.15, -0.1) is 0 Å². The summed E-state index contributed by atoms with van der Waals surface area (Å²) in [4.78, 5) is 14.6. The minimum absolute atomic E-state index is 0.140. The van der Waals surface area contributed by atoms with Gasteiger partial charge in [0.1, 0.15) is 0 Å². The molecule has 0 bridgehead atoms. The van der Waals surface area contributed by atoms with Gasteiger partial charge in [-0.3, -0.25) is 4.79 Å². The average molecular weight is 331 g/mol. The summed E-state index contributed by atoms with van der Waals surface area (Å²) in [6.07, 6.45) is 2.73. The smallest absolute Gasteiger partial charge is 0.226 e. The molecule has 1 aromatic carbocycles. The largest absolute Gasteiger partial charge is 0.345 e. The molecule has 0 atom stereocenters. The van der Waals surface area contributed by atoms with E-state index < -0.39 is 0 Å². The molecule has 98 valence electrons. The van der Waals surface area contributed by atoms with Crippen LogP contribution in [0.3, 0.4) is 0 Å². The Morgan fingerprint density at radius 1 is 1.44 bits per heavy atom. The van der Waals surface area contributed by atoms with E-state index >= 15 is 0 Å². The number of halogens is 2. The molecule has 0 heterocycles. The Balaban J connectivity index is 1.86. The Kier molecular flexibility index (Phi) is 4.68. The lowest BCUT2D eigenvalue weighted by molar-refractivity contribution is -0.130. The first kappa shape index (κ1) is 13.9. The number of likely N-dealkylation sites (N-methyl/N-ethyl adjacent to an activating group) is 1. The van der Waals surface area contributed by atoms with Crippen molar-refractivity contribution in [1.82, 2.24) is 4.90 Å². The molecule has 1 aliphatic carbocycles. The Labute approximate surface area is 121 Å². The van der Waals surface area contributed by atoms with Crippen molar-refractivity contribution in [2.24, 2.45) is 5.92 Å². The number of hydrogen-bond donors (Lipinski definition) is 0. The van der Waals surface area contributed by atoms with Crippen LogP contribution in [0.5, 0.6) is 0 Å². The highest BCUT2D eigenvalue weighted by Gasteiger charge is 2.28. The number of carbonyl (C=O) groups is 1. The highest BCUT2D eigenvalue weighted by atomic mass is 79.9. The zero-order chi connectivity index (χ0) is 13.1. The van der Waals surface area contributed by atoms with Crippen molar-refractivity contribution in [3.05, 3.63) is 34.9 Å². The van der Waals surface area contributed by atoms with Crippen LogP contribution in [-0.4, -0.2) is 29.2 Å². The predicted molar refractivity (Wildman–Crippen MR) is 78.2 cm³/mol. The summed E-state index contributed by atoms with van der Waals surface area (Å²) in [5.74, 6) is 0.788. The van der Waals surface area contributed by atoms with E-state index in [2.05, 4.69) is 15.9 Å². The van der Waals surface area contributed by atoms with E-state index in [9.17, 15) is 4.79 Å². The third kappa shape index (κ3) is 3.48. The van der Waals surface area contributed by atoms with Crippen molar-refractivity contribution < 1.29 is 4.79 Å². The van der Waals surface area contributed by atoms with E-state index in [1.165, 1.54) is 12.8 Å². The number of alkyl halides is 1. The van der Waals surface area contributed by atoms with Gasteiger partial charge in [0.25, 0.3) is 0 Å². The molecule has 4 heteroatoms. The summed E-state index contributed by atoms with van der Waals surface area (Å²) < 4.78 is 0. The molecule has 0 spiro atoms. The second-order valence-corrected chi connectivity index (χ2v) is 6.68. The normalized spacial score (nSPS) is 22.4. The lowest BCUT2D eigenvalue weighted by atomic mass is 9.85. The van der Waals surface area contributed by atoms with Gasteiger partial charge in [-0.2, -0.15) is 0 Å². The summed E-state index contributed by atoms with van der Waals surface area (Å²) in [6.45, 7) is 0.853. The molecule has 1 saturated carbocycles. The molecule has 0 N–H and O–H groups in total. The van der Waals surface area contributed by atoms with Crippen LogP contribution < -0.4 is 0 Å². The van der Waals surface area contributed by atoms with E-state index in [-0.39, 0.29) is 5.91 Å². The zero-order valence-corrected chi connectivity index (χ0v) is 12.7. The van der Waals surface area contributed by atoms with Crippen molar-refractivity contribution in [2.45, 2.75) is 24.1 Å². The van der Waals surface area contributed by atoms with Gasteiger partial charge >= 0.3 is 0 Å². The van der Waals surface area contributed by atoms with Gasteiger partial charge in [-0.05, 0) is 30.4 Å². The summed E-state index contributed by atoms with van der Waals surface area (Å²) in [5.41, 5.74) is 0.906. The second kappa shape index (κ2) is 6.07. The maximum absolute atomic E-state index is 12.1. The number of amides is 1. The number of rotatable bonds is 4. The SMILES string of the molecule is CN(CC1CC(Br)C1)C(=O)Cc1ccccc1Cl. The first-order chi connectivity index (χ1) is 8.56. The van der Waals surface area contributed by atoms with E-state index in [0.717, 1.165) is 12.1 Å². The fourth-order valence-corrected chi connectivity index (χ4v) is 3.49. The molecule has 18 heavy (non-hydrogen) atoms. The third-order valence-corrected chi connectivity index (χ3v) is 4.55. The lowest BCUT2D eigenvalue weighted by Crippen LogP contribution is -2.38. The molecule has 2 nitrogen and oxygen atoms in total. The third-order valence-electron chi connectivity index (χ3n) is 3.44. The van der Waals surface area contributed by atoms with Crippen LogP contribution in [0.4, 0.5) is 0 Å². The van der Waals surface area contributed by atoms with Gasteiger partial charge < -0.3 is 4.90 Å². The van der Waals surface area contributed by atoms with Crippen LogP contribution >= 0.6 is 27.5 Å². The molecule has 0 unspecified atom stereocenters. The maximum Gasteiger partial charge on any atom is 0.226 e. The molecule has 1 amide bonds. The van der Waals surface area contributed by atoms with Gasteiger partial charge in [0.05, 0.1) is 6.42 Å². The molecular weight excluding hydrogens is 314 g/mol. The van der Waals surface area contributed by atoms with E-state index in [1.54, 1.807) is 0 Å². The Morgan fingerprint density at radius 3 is 2.72 bits per heavy atom. The number of nitrogens with zero attached hydrogens (tertiary/aromatic N) is 1. The minimum Gasteiger partial charge on any atom is -0.345 e. The molecule has 1 aliphatic rings. The first-order valence-corrected chi connectivity index (χ1v) is 7.47. The van der Waals surface area contributed by atoms with E-state index in [1.807, 2.05) is 36.2 Å². The van der Waals surface area contributed by atoms with E-state index in [0.29, 0.717) is 22.2 Å². The van der Waals surface area contributed by atoms with Crippen molar-refractivity contribution in [3.63, 3.8) is 0 Å². The Bertz CT molecular complexity index is 432. The Hall–Kier alpha value is -0.540. The highest BCUT2D eigenvalue weighted by Crippen LogP contribution is 2.33. The minimum atomic E-state index is 0.140. The number of hydrogen-bond acceptors (Lipinski definition) is 1. The molecule has 1 aromatic rings. The van der Waals surface area contributed by atoms with Gasteiger partial charge in [0.2, 0.25) is 5.91 Å². The predicted octanol–water partition coefficient (Wildman–Crippen LogP) is 3.51. The molecule has 0 radical (unpaired) electrons. The van der Waals surface area contributed by atoms with Crippen molar-refractivity contribution in [2.75, 3.05) is 13.6 Å².